The van der Waals surface area contributed by atoms with Crippen LogP contribution in [0.15, 0.2) is 23.4 Å². The van der Waals surface area contributed by atoms with E-state index in [1.807, 2.05) is 0 Å². The summed E-state index contributed by atoms with van der Waals surface area (Å²) in [5, 5.41) is 3.68. The van der Waals surface area contributed by atoms with Crippen molar-refractivity contribution in [2.45, 2.75) is 37.0 Å². The molecule has 158 valence electrons. The summed E-state index contributed by atoms with van der Waals surface area (Å²) >= 11 is 8.58. The Labute approximate surface area is 183 Å². The van der Waals surface area contributed by atoms with E-state index in [9.17, 15) is 18.0 Å². The number of aryl methyl sites for hydroxylation is 2. The van der Waals surface area contributed by atoms with Crippen molar-refractivity contribution in [3.63, 3.8) is 0 Å². The van der Waals surface area contributed by atoms with Crippen LogP contribution in [0.3, 0.4) is 0 Å². The van der Waals surface area contributed by atoms with Crippen molar-refractivity contribution in [3.05, 3.63) is 39.2 Å². The second kappa shape index (κ2) is 8.24. The molecule has 0 saturated carbocycles. The van der Waals surface area contributed by atoms with Crippen LogP contribution >= 0.6 is 34.7 Å². The first-order valence-electron chi connectivity index (χ1n) is 9.09. The zero-order valence-corrected chi connectivity index (χ0v) is 17.9. The van der Waals surface area contributed by atoms with E-state index in [1.54, 1.807) is 11.3 Å². The largest absolute Gasteiger partial charge is 0.416 e. The molecule has 0 bridgehead atoms. The molecule has 3 N–H and O–H groups in total. The van der Waals surface area contributed by atoms with E-state index in [-0.39, 0.29) is 16.5 Å². The number of halogens is 4. The standard InChI is InChI=1S/C19H16ClF3N4OS2/c20-11-6-5-9(19(21,22)23)7-12(11)25-14(28)8-29-18-26-16(24)15-10-3-1-2-4-13(10)30-17(15)27-18/h5-7H,1-4,8H2,(H,25,28)(H2,24,26,27). The second-order valence-corrected chi connectivity index (χ2v) is 9.25. The summed E-state index contributed by atoms with van der Waals surface area (Å²) in [6, 6.07) is 2.77. The number of fused-ring (bicyclic) bond motifs is 3. The molecular formula is C19H16ClF3N4OS2. The average molecular weight is 473 g/mol. The minimum Gasteiger partial charge on any atom is -0.383 e. The second-order valence-electron chi connectivity index (χ2n) is 6.81. The van der Waals surface area contributed by atoms with Gasteiger partial charge in [0.2, 0.25) is 5.91 Å². The van der Waals surface area contributed by atoms with Gasteiger partial charge in [0.15, 0.2) is 5.16 Å². The number of nitrogens with two attached hydrogens (primary N) is 1. The molecule has 2 aromatic heterocycles. The summed E-state index contributed by atoms with van der Waals surface area (Å²) in [5.74, 6) is -0.222. The van der Waals surface area contributed by atoms with Crippen LogP contribution in [0, 0.1) is 0 Å². The molecule has 0 aliphatic heterocycles. The topological polar surface area (TPSA) is 80.9 Å². The van der Waals surface area contributed by atoms with Crippen LogP contribution in [0.2, 0.25) is 5.02 Å². The number of alkyl halides is 3. The van der Waals surface area contributed by atoms with Gasteiger partial charge in [0.05, 0.1) is 27.4 Å². The molecule has 30 heavy (non-hydrogen) atoms. The first-order valence-corrected chi connectivity index (χ1v) is 11.3. The van der Waals surface area contributed by atoms with Gasteiger partial charge in [-0.3, -0.25) is 4.79 Å². The van der Waals surface area contributed by atoms with E-state index in [4.69, 9.17) is 17.3 Å². The number of nitrogen functional groups attached to an aromatic ring is 1. The van der Waals surface area contributed by atoms with Gasteiger partial charge >= 0.3 is 6.18 Å². The Kier molecular flexibility index (Phi) is 5.82. The van der Waals surface area contributed by atoms with Crippen LogP contribution in [0.4, 0.5) is 24.7 Å². The van der Waals surface area contributed by atoms with E-state index >= 15 is 0 Å². The number of amides is 1. The van der Waals surface area contributed by atoms with Gasteiger partial charge in [-0.2, -0.15) is 13.2 Å². The van der Waals surface area contributed by atoms with Crippen LogP contribution in [0.25, 0.3) is 10.2 Å². The predicted octanol–water partition coefficient (Wildman–Crippen LogP) is 5.56. The first-order chi connectivity index (χ1) is 14.2. The predicted molar refractivity (Wildman–Crippen MR) is 114 cm³/mol. The fraction of sp³-hybridized carbons (Fsp3) is 0.316. The number of nitrogens with zero attached hydrogens (tertiary/aromatic N) is 2. The molecule has 1 aliphatic rings. The Hall–Kier alpha value is -2.04. The summed E-state index contributed by atoms with van der Waals surface area (Å²) in [6.45, 7) is 0. The molecular weight excluding hydrogens is 457 g/mol. The molecule has 3 aromatic rings. The van der Waals surface area contributed by atoms with Gasteiger partial charge in [0, 0.05) is 4.88 Å². The van der Waals surface area contributed by atoms with Crippen molar-refractivity contribution < 1.29 is 18.0 Å². The molecule has 1 aliphatic carbocycles. The molecule has 0 unspecified atom stereocenters. The molecule has 5 nitrogen and oxygen atoms in total. The van der Waals surface area contributed by atoms with E-state index in [1.165, 1.54) is 10.4 Å². The molecule has 4 rings (SSSR count). The highest BCUT2D eigenvalue weighted by molar-refractivity contribution is 7.99. The maximum Gasteiger partial charge on any atom is 0.416 e. The molecule has 1 amide bonds. The van der Waals surface area contributed by atoms with Gasteiger partial charge in [-0.05, 0) is 49.4 Å². The number of benzene rings is 1. The van der Waals surface area contributed by atoms with Crippen molar-refractivity contribution in [2.24, 2.45) is 0 Å². The van der Waals surface area contributed by atoms with Gasteiger partial charge in [-0.1, -0.05) is 23.4 Å². The minimum atomic E-state index is -4.53. The lowest BCUT2D eigenvalue weighted by molar-refractivity contribution is -0.137. The third kappa shape index (κ3) is 4.35. The number of rotatable bonds is 4. The lowest BCUT2D eigenvalue weighted by atomic mass is 9.97. The fourth-order valence-corrected chi connectivity index (χ4v) is 5.49. The summed E-state index contributed by atoms with van der Waals surface area (Å²) in [5.41, 5.74) is 6.39. The van der Waals surface area contributed by atoms with Crippen LogP contribution in [-0.4, -0.2) is 21.6 Å². The van der Waals surface area contributed by atoms with Crippen molar-refractivity contribution in [1.29, 1.82) is 0 Å². The Morgan fingerprint density at radius 3 is 2.80 bits per heavy atom. The van der Waals surface area contributed by atoms with Gasteiger partial charge in [-0.15, -0.1) is 11.3 Å². The van der Waals surface area contributed by atoms with Gasteiger partial charge in [0.25, 0.3) is 0 Å². The number of thiophene rings is 1. The number of nitrogens with one attached hydrogen (secondary N) is 1. The molecule has 0 atom stereocenters. The van der Waals surface area contributed by atoms with Gasteiger partial charge in [0.1, 0.15) is 10.6 Å². The van der Waals surface area contributed by atoms with Gasteiger partial charge in [-0.25, -0.2) is 9.97 Å². The lowest BCUT2D eigenvalue weighted by Gasteiger charge is -2.11. The van der Waals surface area contributed by atoms with Gasteiger partial charge < -0.3 is 11.1 Å². The molecule has 0 fully saturated rings. The molecule has 2 heterocycles. The Morgan fingerprint density at radius 2 is 2.03 bits per heavy atom. The zero-order chi connectivity index (χ0) is 21.5. The molecule has 0 saturated heterocycles. The summed E-state index contributed by atoms with van der Waals surface area (Å²) in [4.78, 5) is 23.2. The van der Waals surface area contributed by atoms with E-state index in [0.29, 0.717) is 11.0 Å². The number of hydrogen-bond acceptors (Lipinski definition) is 6. The normalized spacial score (nSPS) is 14.0. The van der Waals surface area contributed by atoms with Crippen molar-refractivity contribution >= 4 is 62.3 Å². The number of aromatic nitrogens is 2. The zero-order valence-electron chi connectivity index (χ0n) is 15.5. The first kappa shape index (κ1) is 21.2. The van der Waals surface area contributed by atoms with Crippen molar-refractivity contribution in [3.8, 4) is 0 Å². The van der Waals surface area contributed by atoms with Crippen LogP contribution < -0.4 is 11.1 Å². The highest BCUT2D eigenvalue weighted by Crippen LogP contribution is 2.38. The summed E-state index contributed by atoms with van der Waals surface area (Å²) in [6.07, 6.45) is -0.284. The van der Waals surface area contributed by atoms with Crippen LogP contribution in [0.1, 0.15) is 28.8 Å². The van der Waals surface area contributed by atoms with Crippen LogP contribution in [0.5, 0.6) is 0 Å². The van der Waals surface area contributed by atoms with Crippen molar-refractivity contribution in [2.75, 3.05) is 16.8 Å². The number of carbonyl (C=O) groups is 1. The SMILES string of the molecule is Nc1nc(SCC(=O)Nc2cc(C(F)(F)F)ccc2Cl)nc2sc3c(c12)CCCC3. The number of carbonyl (C=O) groups excluding carboxylic acids is 1. The third-order valence-electron chi connectivity index (χ3n) is 4.72. The van der Waals surface area contributed by atoms with E-state index in [0.717, 1.165) is 65.9 Å². The maximum atomic E-state index is 12.9. The minimum absolute atomic E-state index is 0.0208. The smallest absolute Gasteiger partial charge is 0.383 e. The third-order valence-corrected chi connectivity index (χ3v) is 7.08. The summed E-state index contributed by atoms with van der Waals surface area (Å²) < 4.78 is 38.6. The summed E-state index contributed by atoms with van der Waals surface area (Å²) in [7, 11) is 0. The number of thioether (sulfide) groups is 1. The lowest BCUT2D eigenvalue weighted by Crippen LogP contribution is -2.15. The van der Waals surface area contributed by atoms with E-state index < -0.39 is 17.6 Å². The van der Waals surface area contributed by atoms with Crippen molar-refractivity contribution in [1.82, 2.24) is 9.97 Å². The quantitative estimate of drug-likeness (QED) is 0.384. The Morgan fingerprint density at radius 1 is 1.27 bits per heavy atom. The van der Waals surface area contributed by atoms with E-state index in [2.05, 4.69) is 15.3 Å². The highest BCUT2D eigenvalue weighted by atomic mass is 35.5. The molecule has 0 spiro atoms. The fourth-order valence-electron chi connectivity index (χ4n) is 3.34. The average Bonchev–Trinajstić information content (AvgIpc) is 3.06. The maximum absolute atomic E-state index is 12.9. The molecule has 1 aromatic carbocycles. The molecule has 0 radical (unpaired) electrons. The van der Waals surface area contributed by atoms with Crippen LogP contribution in [-0.2, 0) is 23.8 Å². The Bertz CT molecular complexity index is 1130. The highest BCUT2D eigenvalue weighted by Gasteiger charge is 2.31. The Balaban J connectivity index is 1.47. The number of hydrogen-bond donors (Lipinski definition) is 2. The molecule has 11 heteroatoms. The monoisotopic (exact) mass is 472 g/mol. The number of anilines is 2.